The maximum atomic E-state index is 4.44. The molecule has 1 aliphatic carbocycles. The Morgan fingerprint density at radius 1 is 1.38 bits per heavy atom. The van der Waals surface area contributed by atoms with Gasteiger partial charge in [-0.25, -0.2) is 0 Å². The molecule has 0 radical (unpaired) electrons. The van der Waals surface area contributed by atoms with E-state index in [0.717, 1.165) is 18.8 Å². The molecule has 0 atom stereocenters. The van der Waals surface area contributed by atoms with Crippen LogP contribution in [0.4, 0.5) is 0 Å². The van der Waals surface area contributed by atoms with Crippen LogP contribution in [0.2, 0.25) is 0 Å². The number of nitrogens with zero attached hydrogens (tertiary/aromatic N) is 2. The summed E-state index contributed by atoms with van der Waals surface area (Å²) in [6.45, 7) is 8.71. The van der Waals surface area contributed by atoms with Gasteiger partial charge in [-0.2, -0.15) is 5.10 Å². The first kappa shape index (κ1) is 11.6. The Bertz CT molecular complexity index is 375. The van der Waals surface area contributed by atoms with Gasteiger partial charge in [0, 0.05) is 31.4 Å². The molecule has 16 heavy (non-hydrogen) atoms. The minimum Gasteiger partial charge on any atom is -0.312 e. The first-order valence-electron chi connectivity index (χ1n) is 6.22. The lowest BCUT2D eigenvalue weighted by Gasteiger charge is -2.38. The molecule has 1 fully saturated rings. The van der Waals surface area contributed by atoms with E-state index in [-0.39, 0.29) is 0 Å². The van der Waals surface area contributed by atoms with Gasteiger partial charge in [0.15, 0.2) is 0 Å². The fourth-order valence-electron chi connectivity index (χ4n) is 2.52. The first-order chi connectivity index (χ1) is 7.52. The Morgan fingerprint density at radius 3 is 2.50 bits per heavy atom. The van der Waals surface area contributed by atoms with Gasteiger partial charge < -0.3 is 5.32 Å². The van der Waals surface area contributed by atoms with E-state index in [1.54, 1.807) is 0 Å². The third kappa shape index (κ3) is 2.14. The summed E-state index contributed by atoms with van der Waals surface area (Å²) >= 11 is 0. The molecule has 0 aliphatic heterocycles. The van der Waals surface area contributed by atoms with Crippen molar-refractivity contribution in [2.45, 2.75) is 46.6 Å². The Balaban J connectivity index is 1.89. The van der Waals surface area contributed by atoms with Crippen LogP contribution in [-0.2, 0) is 13.6 Å². The number of nitrogens with one attached hydrogen (secondary N) is 1. The van der Waals surface area contributed by atoms with Crippen molar-refractivity contribution in [1.82, 2.24) is 15.1 Å². The standard InChI is InChI=1S/C13H23N3/c1-10-12(11(2)16(4)15-10)8-14-9-13(3)6-5-7-13/h14H,5-9H2,1-4H3. The lowest BCUT2D eigenvalue weighted by atomic mass is 9.70. The van der Waals surface area contributed by atoms with Gasteiger partial charge in [0.25, 0.3) is 0 Å². The molecule has 0 bridgehead atoms. The van der Waals surface area contributed by atoms with E-state index in [1.807, 2.05) is 11.7 Å². The summed E-state index contributed by atoms with van der Waals surface area (Å²) in [6, 6.07) is 0. The van der Waals surface area contributed by atoms with Crippen molar-refractivity contribution in [3.8, 4) is 0 Å². The molecule has 0 saturated heterocycles. The number of hydrogen-bond donors (Lipinski definition) is 1. The predicted molar refractivity (Wildman–Crippen MR) is 66.3 cm³/mol. The van der Waals surface area contributed by atoms with Crippen molar-refractivity contribution in [3.05, 3.63) is 17.0 Å². The molecule has 0 unspecified atom stereocenters. The van der Waals surface area contributed by atoms with Crippen LogP contribution < -0.4 is 5.32 Å². The van der Waals surface area contributed by atoms with Gasteiger partial charge in [-0.1, -0.05) is 13.3 Å². The number of aromatic nitrogens is 2. The highest BCUT2D eigenvalue weighted by Gasteiger charge is 2.31. The van der Waals surface area contributed by atoms with Crippen molar-refractivity contribution in [3.63, 3.8) is 0 Å². The first-order valence-corrected chi connectivity index (χ1v) is 6.22. The van der Waals surface area contributed by atoms with Gasteiger partial charge in [0.2, 0.25) is 0 Å². The van der Waals surface area contributed by atoms with Gasteiger partial charge in [-0.05, 0) is 32.1 Å². The van der Waals surface area contributed by atoms with E-state index in [2.05, 4.69) is 31.2 Å². The summed E-state index contributed by atoms with van der Waals surface area (Å²) < 4.78 is 1.97. The average molecular weight is 221 g/mol. The molecule has 1 N–H and O–H groups in total. The van der Waals surface area contributed by atoms with Crippen molar-refractivity contribution in [2.75, 3.05) is 6.54 Å². The largest absolute Gasteiger partial charge is 0.312 e. The lowest BCUT2D eigenvalue weighted by Crippen LogP contribution is -2.37. The van der Waals surface area contributed by atoms with E-state index in [4.69, 9.17) is 0 Å². The molecule has 0 amide bonds. The van der Waals surface area contributed by atoms with Gasteiger partial charge in [-0.3, -0.25) is 4.68 Å². The molecule has 1 aromatic heterocycles. The second-order valence-corrected chi connectivity index (χ2v) is 5.54. The Kier molecular flexibility index (Phi) is 3.06. The SMILES string of the molecule is Cc1nn(C)c(C)c1CNCC1(C)CCC1. The Morgan fingerprint density at radius 2 is 2.06 bits per heavy atom. The zero-order chi connectivity index (χ0) is 11.8. The van der Waals surface area contributed by atoms with Crippen LogP contribution in [0.3, 0.4) is 0 Å². The molecule has 0 aromatic carbocycles. The quantitative estimate of drug-likeness (QED) is 0.845. The van der Waals surface area contributed by atoms with Crippen molar-refractivity contribution in [1.29, 1.82) is 0 Å². The van der Waals surface area contributed by atoms with E-state index in [9.17, 15) is 0 Å². The number of aryl methyl sites for hydroxylation is 2. The van der Waals surface area contributed by atoms with Crippen LogP contribution >= 0.6 is 0 Å². The summed E-state index contributed by atoms with van der Waals surface area (Å²) in [6.07, 6.45) is 4.17. The molecule has 3 heteroatoms. The molecule has 1 aliphatic rings. The van der Waals surface area contributed by atoms with E-state index in [0.29, 0.717) is 5.41 Å². The van der Waals surface area contributed by atoms with Crippen molar-refractivity contribution < 1.29 is 0 Å². The molecule has 2 rings (SSSR count). The van der Waals surface area contributed by atoms with Gasteiger partial charge in [0.1, 0.15) is 0 Å². The summed E-state index contributed by atoms with van der Waals surface area (Å²) in [7, 11) is 2.01. The number of hydrogen-bond acceptors (Lipinski definition) is 2. The Labute approximate surface area is 98.2 Å². The highest BCUT2D eigenvalue weighted by molar-refractivity contribution is 5.24. The Hall–Kier alpha value is -0.830. The summed E-state index contributed by atoms with van der Waals surface area (Å²) in [5, 5.41) is 8.02. The fourth-order valence-corrected chi connectivity index (χ4v) is 2.52. The molecule has 1 saturated carbocycles. The molecular formula is C13H23N3. The second-order valence-electron chi connectivity index (χ2n) is 5.54. The van der Waals surface area contributed by atoms with Crippen LogP contribution in [0.15, 0.2) is 0 Å². The maximum Gasteiger partial charge on any atom is 0.0641 e. The zero-order valence-electron chi connectivity index (χ0n) is 10.9. The van der Waals surface area contributed by atoms with E-state index in [1.165, 1.54) is 30.5 Å². The summed E-state index contributed by atoms with van der Waals surface area (Å²) in [5.41, 5.74) is 4.37. The lowest BCUT2D eigenvalue weighted by molar-refractivity contribution is 0.156. The van der Waals surface area contributed by atoms with Gasteiger partial charge >= 0.3 is 0 Å². The molecular weight excluding hydrogens is 198 g/mol. The van der Waals surface area contributed by atoms with Crippen LogP contribution in [-0.4, -0.2) is 16.3 Å². The average Bonchev–Trinajstić information content (AvgIpc) is 2.42. The predicted octanol–water partition coefficient (Wildman–Crippen LogP) is 2.32. The van der Waals surface area contributed by atoms with Crippen LogP contribution in [0.25, 0.3) is 0 Å². The van der Waals surface area contributed by atoms with Crippen LogP contribution in [0.5, 0.6) is 0 Å². The molecule has 0 spiro atoms. The molecule has 1 aromatic rings. The van der Waals surface area contributed by atoms with Crippen molar-refractivity contribution in [2.24, 2.45) is 12.5 Å². The van der Waals surface area contributed by atoms with Crippen LogP contribution in [0.1, 0.15) is 43.1 Å². The third-order valence-corrected chi connectivity index (χ3v) is 4.07. The second kappa shape index (κ2) is 4.21. The van der Waals surface area contributed by atoms with E-state index >= 15 is 0 Å². The number of rotatable bonds is 4. The minimum atomic E-state index is 0.560. The smallest absolute Gasteiger partial charge is 0.0641 e. The molecule has 3 nitrogen and oxygen atoms in total. The van der Waals surface area contributed by atoms with Crippen molar-refractivity contribution >= 4 is 0 Å². The minimum absolute atomic E-state index is 0.560. The third-order valence-electron chi connectivity index (χ3n) is 4.07. The maximum absolute atomic E-state index is 4.44. The summed E-state index contributed by atoms with van der Waals surface area (Å²) in [4.78, 5) is 0. The fraction of sp³-hybridized carbons (Fsp3) is 0.769. The highest BCUT2D eigenvalue weighted by Crippen LogP contribution is 2.39. The van der Waals surface area contributed by atoms with Gasteiger partial charge in [-0.15, -0.1) is 0 Å². The zero-order valence-corrected chi connectivity index (χ0v) is 10.9. The molecule has 90 valence electrons. The van der Waals surface area contributed by atoms with Gasteiger partial charge in [0.05, 0.1) is 5.69 Å². The summed E-state index contributed by atoms with van der Waals surface area (Å²) in [5.74, 6) is 0. The van der Waals surface area contributed by atoms with Crippen LogP contribution in [0, 0.1) is 19.3 Å². The topological polar surface area (TPSA) is 29.9 Å². The van der Waals surface area contributed by atoms with E-state index < -0.39 is 0 Å². The monoisotopic (exact) mass is 221 g/mol. The highest BCUT2D eigenvalue weighted by atomic mass is 15.3. The normalized spacial score (nSPS) is 18.5. The molecule has 1 heterocycles.